The van der Waals surface area contributed by atoms with Gasteiger partial charge in [-0.2, -0.15) is 0 Å². The van der Waals surface area contributed by atoms with Gasteiger partial charge in [0.15, 0.2) is 0 Å². The molecule has 0 bridgehead atoms. The summed E-state index contributed by atoms with van der Waals surface area (Å²) in [5.41, 5.74) is 0.654. The molecule has 2 aromatic rings. The predicted octanol–water partition coefficient (Wildman–Crippen LogP) is 2.04. The van der Waals surface area contributed by atoms with Crippen molar-refractivity contribution in [3.63, 3.8) is 0 Å². The lowest BCUT2D eigenvalue weighted by molar-refractivity contribution is 0.0695. The molecule has 0 saturated carbocycles. The molecule has 1 N–H and O–H groups in total. The maximum Gasteiger partial charge on any atom is 0.367 e. The highest BCUT2D eigenvalue weighted by Crippen LogP contribution is 2.23. The third-order valence-corrected chi connectivity index (χ3v) is 2.66. The van der Waals surface area contributed by atoms with E-state index in [-0.39, 0.29) is 10.8 Å². The molecule has 0 aliphatic rings. The highest BCUT2D eigenvalue weighted by atomic mass is 32.1. The van der Waals surface area contributed by atoms with E-state index in [1.807, 2.05) is 0 Å². The molecule has 1 aromatic heterocycles. The van der Waals surface area contributed by atoms with E-state index in [4.69, 9.17) is 5.11 Å². The van der Waals surface area contributed by atoms with Crippen molar-refractivity contribution in [3.8, 4) is 10.6 Å². The monoisotopic (exact) mass is 224 g/mol. The summed E-state index contributed by atoms with van der Waals surface area (Å²) < 4.78 is 12.6. The molecule has 15 heavy (non-hydrogen) atoms. The molecule has 0 spiro atoms. The molecule has 1 heterocycles. The smallest absolute Gasteiger partial charge is 0.367 e. The van der Waals surface area contributed by atoms with Crippen molar-refractivity contribution in [2.24, 2.45) is 0 Å². The zero-order valence-electron chi connectivity index (χ0n) is 7.35. The van der Waals surface area contributed by atoms with E-state index in [0.717, 1.165) is 11.3 Å². The lowest BCUT2D eigenvalue weighted by Crippen LogP contribution is -1.93. The highest BCUT2D eigenvalue weighted by Gasteiger charge is 2.11. The fraction of sp³-hybridized carbons (Fsp3) is 0. The fourth-order valence-electron chi connectivity index (χ4n) is 1.02. The Morgan fingerprint density at radius 1 is 1.27 bits per heavy atom. The third kappa shape index (κ3) is 1.99. The molecule has 0 fully saturated rings. The van der Waals surface area contributed by atoms with Gasteiger partial charge in [-0.05, 0) is 24.3 Å². The number of carboxylic acid groups (broad SMARTS) is 1. The first-order chi connectivity index (χ1) is 7.16. The van der Waals surface area contributed by atoms with Crippen LogP contribution in [0.5, 0.6) is 0 Å². The van der Waals surface area contributed by atoms with E-state index in [1.165, 1.54) is 24.3 Å². The van der Waals surface area contributed by atoms with Gasteiger partial charge >= 0.3 is 5.97 Å². The van der Waals surface area contributed by atoms with Gasteiger partial charge in [0.2, 0.25) is 5.01 Å². The minimum absolute atomic E-state index is 0.0747. The number of aromatic nitrogens is 2. The first-order valence-electron chi connectivity index (χ1n) is 3.99. The maximum atomic E-state index is 12.6. The number of carboxylic acids is 1. The van der Waals surface area contributed by atoms with Crippen LogP contribution in [0.15, 0.2) is 24.3 Å². The van der Waals surface area contributed by atoms with Gasteiger partial charge in [-0.15, -0.1) is 10.2 Å². The van der Waals surface area contributed by atoms with Crippen LogP contribution >= 0.6 is 11.3 Å². The van der Waals surface area contributed by atoms with Crippen LogP contribution in [0, 0.1) is 5.82 Å². The van der Waals surface area contributed by atoms with E-state index < -0.39 is 5.97 Å². The molecule has 6 heteroatoms. The zero-order chi connectivity index (χ0) is 10.8. The molecule has 0 radical (unpaired) electrons. The standard InChI is InChI=1S/C9H5FN2O2S/c10-6-3-1-5(2-4-6)7-11-12-8(15-7)9(13)14/h1-4H,(H,13,14). The number of halogens is 1. The van der Waals surface area contributed by atoms with Crippen molar-refractivity contribution in [2.45, 2.75) is 0 Å². The van der Waals surface area contributed by atoms with Crippen LogP contribution in [0.4, 0.5) is 4.39 Å². The van der Waals surface area contributed by atoms with Gasteiger partial charge in [0.25, 0.3) is 0 Å². The molecule has 2 rings (SSSR count). The van der Waals surface area contributed by atoms with Gasteiger partial charge in [0.1, 0.15) is 10.8 Å². The van der Waals surface area contributed by atoms with Crippen molar-refractivity contribution < 1.29 is 14.3 Å². The molecule has 76 valence electrons. The Balaban J connectivity index is 2.37. The van der Waals surface area contributed by atoms with Crippen LogP contribution in [-0.2, 0) is 0 Å². The van der Waals surface area contributed by atoms with Crippen molar-refractivity contribution in [3.05, 3.63) is 35.1 Å². The van der Waals surface area contributed by atoms with Gasteiger partial charge < -0.3 is 5.11 Å². The minimum atomic E-state index is -1.11. The summed E-state index contributed by atoms with van der Waals surface area (Å²) in [6.45, 7) is 0. The normalized spacial score (nSPS) is 10.2. The molecule has 0 atom stereocenters. The summed E-state index contributed by atoms with van der Waals surface area (Å²) in [7, 11) is 0. The van der Waals surface area contributed by atoms with Crippen LogP contribution in [-0.4, -0.2) is 21.3 Å². The van der Waals surface area contributed by atoms with Gasteiger partial charge in [-0.1, -0.05) is 11.3 Å². The van der Waals surface area contributed by atoms with Crippen LogP contribution < -0.4 is 0 Å². The van der Waals surface area contributed by atoms with Crippen molar-refractivity contribution >= 4 is 17.3 Å². The average molecular weight is 224 g/mol. The maximum absolute atomic E-state index is 12.6. The molecular formula is C9H5FN2O2S. The van der Waals surface area contributed by atoms with E-state index in [9.17, 15) is 9.18 Å². The minimum Gasteiger partial charge on any atom is -0.476 e. The highest BCUT2D eigenvalue weighted by molar-refractivity contribution is 7.16. The topological polar surface area (TPSA) is 63.1 Å². The summed E-state index contributed by atoms with van der Waals surface area (Å²) in [6.07, 6.45) is 0. The van der Waals surface area contributed by atoms with Gasteiger partial charge in [0, 0.05) is 5.56 Å². The lowest BCUT2D eigenvalue weighted by atomic mass is 10.2. The van der Waals surface area contributed by atoms with Gasteiger partial charge in [-0.3, -0.25) is 0 Å². The second kappa shape index (κ2) is 3.74. The van der Waals surface area contributed by atoms with Gasteiger partial charge in [0.05, 0.1) is 0 Å². The van der Waals surface area contributed by atoms with E-state index in [0.29, 0.717) is 10.6 Å². The Bertz CT molecular complexity index is 495. The Labute approximate surface area is 88.0 Å². The molecule has 0 aliphatic carbocycles. The quantitative estimate of drug-likeness (QED) is 0.847. The first kappa shape index (κ1) is 9.72. The number of benzene rings is 1. The molecular weight excluding hydrogens is 219 g/mol. The number of nitrogens with zero attached hydrogens (tertiary/aromatic N) is 2. The number of carbonyl (C=O) groups is 1. The van der Waals surface area contributed by atoms with Crippen LogP contribution in [0.25, 0.3) is 10.6 Å². The van der Waals surface area contributed by atoms with Crippen molar-refractivity contribution in [1.82, 2.24) is 10.2 Å². The Morgan fingerprint density at radius 3 is 2.47 bits per heavy atom. The number of hydrogen-bond acceptors (Lipinski definition) is 4. The second-order valence-corrected chi connectivity index (χ2v) is 3.70. The molecule has 0 saturated heterocycles. The van der Waals surface area contributed by atoms with Crippen LogP contribution in [0.3, 0.4) is 0 Å². The van der Waals surface area contributed by atoms with E-state index in [1.54, 1.807) is 0 Å². The molecule has 0 aliphatic heterocycles. The van der Waals surface area contributed by atoms with Gasteiger partial charge in [-0.25, -0.2) is 9.18 Å². The molecule has 1 aromatic carbocycles. The van der Waals surface area contributed by atoms with Crippen LogP contribution in [0.1, 0.15) is 9.80 Å². The summed E-state index contributed by atoms with van der Waals surface area (Å²) in [5, 5.41) is 16.2. The molecule has 0 unspecified atom stereocenters. The van der Waals surface area contributed by atoms with E-state index >= 15 is 0 Å². The lowest BCUT2D eigenvalue weighted by Gasteiger charge is -1.92. The summed E-state index contributed by atoms with van der Waals surface area (Å²) >= 11 is 0.956. The number of aromatic carboxylic acids is 1. The Hall–Kier alpha value is -1.82. The fourth-order valence-corrected chi connectivity index (χ4v) is 1.71. The largest absolute Gasteiger partial charge is 0.476 e. The van der Waals surface area contributed by atoms with E-state index in [2.05, 4.69) is 10.2 Å². The SMILES string of the molecule is O=C(O)c1nnc(-c2ccc(F)cc2)s1. The summed E-state index contributed by atoms with van der Waals surface area (Å²) in [4.78, 5) is 10.5. The van der Waals surface area contributed by atoms with Crippen molar-refractivity contribution in [1.29, 1.82) is 0 Å². The first-order valence-corrected chi connectivity index (χ1v) is 4.81. The number of rotatable bonds is 2. The second-order valence-electron chi connectivity index (χ2n) is 2.72. The molecule has 4 nitrogen and oxygen atoms in total. The predicted molar refractivity (Wildman–Crippen MR) is 52.3 cm³/mol. The summed E-state index contributed by atoms with van der Waals surface area (Å²) in [5.74, 6) is -1.46. The molecule has 0 amide bonds. The summed E-state index contributed by atoms with van der Waals surface area (Å²) in [6, 6.07) is 5.64. The Kier molecular flexibility index (Phi) is 2.42. The average Bonchev–Trinajstić information content (AvgIpc) is 2.68. The zero-order valence-corrected chi connectivity index (χ0v) is 8.16. The van der Waals surface area contributed by atoms with Crippen LogP contribution in [0.2, 0.25) is 0 Å². The Morgan fingerprint density at radius 2 is 1.93 bits per heavy atom. The third-order valence-electron chi connectivity index (χ3n) is 1.70. The van der Waals surface area contributed by atoms with Crippen molar-refractivity contribution in [2.75, 3.05) is 0 Å². The number of hydrogen-bond donors (Lipinski definition) is 1.